The van der Waals surface area contributed by atoms with E-state index in [1.54, 1.807) is 19.9 Å². The first-order chi connectivity index (χ1) is 11.4. The first-order valence-corrected chi connectivity index (χ1v) is 7.32. The Bertz CT molecular complexity index is 676. The summed E-state index contributed by atoms with van der Waals surface area (Å²) in [6.07, 6.45) is 0. The number of hydrogen-bond donors (Lipinski definition) is 1. The van der Waals surface area contributed by atoms with Gasteiger partial charge in [0.25, 0.3) is 0 Å². The van der Waals surface area contributed by atoms with E-state index in [9.17, 15) is 18.4 Å². The van der Waals surface area contributed by atoms with E-state index in [0.29, 0.717) is 5.70 Å². The van der Waals surface area contributed by atoms with E-state index in [1.165, 1.54) is 30.1 Å². The molecule has 0 saturated carbocycles. The Morgan fingerprint density at radius 2 is 2.04 bits per heavy atom. The molecule has 1 aliphatic heterocycles. The van der Waals surface area contributed by atoms with Crippen molar-refractivity contribution in [1.29, 1.82) is 0 Å². The number of esters is 1. The Morgan fingerprint density at radius 1 is 1.38 bits per heavy atom. The molecular formula is C16H18F2N2O4. The maximum atomic E-state index is 12.6. The number of hydrogen-bond acceptors (Lipinski definition) is 4. The minimum atomic E-state index is -3.02. The van der Waals surface area contributed by atoms with Crippen molar-refractivity contribution in [3.63, 3.8) is 0 Å². The van der Waals surface area contributed by atoms with Gasteiger partial charge in [-0.3, -0.25) is 0 Å². The van der Waals surface area contributed by atoms with Crippen LogP contribution in [0.25, 0.3) is 0 Å². The van der Waals surface area contributed by atoms with Crippen molar-refractivity contribution in [2.75, 3.05) is 13.7 Å². The van der Waals surface area contributed by atoms with Crippen LogP contribution in [-0.4, -0.2) is 37.2 Å². The lowest BCUT2D eigenvalue weighted by atomic mass is 9.94. The van der Waals surface area contributed by atoms with Crippen molar-refractivity contribution >= 4 is 12.0 Å². The van der Waals surface area contributed by atoms with Crippen LogP contribution in [0.4, 0.5) is 13.6 Å². The van der Waals surface area contributed by atoms with Gasteiger partial charge in [-0.1, -0.05) is 18.2 Å². The van der Waals surface area contributed by atoms with E-state index < -0.39 is 24.7 Å². The number of allylic oxidation sites excluding steroid dienone is 1. The SMILES string of the molecule is CCOC(=O)C1=C(C)N(C)C(=O)NC1c1ccccc1OC(F)F. The van der Waals surface area contributed by atoms with Gasteiger partial charge in [0.2, 0.25) is 0 Å². The van der Waals surface area contributed by atoms with Gasteiger partial charge in [0, 0.05) is 18.3 Å². The third-order valence-corrected chi connectivity index (χ3v) is 3.70. The van der Waals surface area contributed by atoms with Gasteiger partial charge in [0.1, 0.15) is 5.75 Å². The third kappa shape index (κ3) is 3.47. The number of halogens is 2. The normalized spacial score (nSPS) is 17.8. The first kappa shape index (κ1) is 17.7. The second kappa shape index (κ2) is 7.29. The summed E-state index contributed by atoms with van der Waals surface area (Å²) < 4.78 is 34.8. The molecule has 1 unspecified atom stereocenters. The Morgan fingerprint density at radius 3 is 2.67 bits per heavy atom. The van der Waals surface area contributed by atoms with Gasteiger partial charge in [-0.2, -0.15) is 8.78 Å². The zero-order valence-electron chi connectivity index (χ0n) is 13.5. The molecule has 130 valence electrons. The zero-order chi connectivity index (χ0) is 17.9. The lowest BCUT2D eigenvalue weighted by Crippen LogP contribution is -2.46. The van der Waals surface area contributed by atoms with E-state index in [2.05, 4.69) is 10.1 Å². The summed E-state index contributed by atoms with van der Waals surface area (Å²) in [5, 5.41) is 2.62. The number of para-hydroxylation sites is 1. The summed E-state index contributed by atoms with van der Waals surface area (Å²) in [5.74, 6) is -0.740. The number of carbonyl (C=O) groups excluding carboxylic acids is 2. The summed E-state index contributed by atoms with van der Waals surface area (Å²) in [6, 6.07) is 4.60. The number of benzene rings is 1. The predicted octanol–water partition coefficient (Wildman–Crippen LogP) is 2.82. The Labute approximate surface area is 138 Å². The molecule has 1 aromatic carbocycles. The molecule has 0 aliphatic carbocycles. The van der Waals surface area contributed by atoms with Crippen LogP contribution in [0, 0.1) is 0 Å². The minimum Gasteiger partial charge on any atom is -0.463 e. The fourth-order valence-electron chi connectivity index (χ4n) is 2.46. The number of amides is 2. The highest BCUT2D eigenvalue weighted by Crippen LogP contribution is 2.35. The second-order valence-electron chi connectivity index (χ2n) is 5.08. The Kier molecular flexibility index (Phi) is 5.38. The lowest BCUT2D eigenvalue weighted by molar-refractivity contribution is -0.139. The zero-order valence-corrected chi connectivity index (χ0v) is 13.5. The van der Waals surface area contributed by atoms with Crippen molar-refractivity contribution in [2.45, 2.75) is 26.5 Å². The molecule has 8 heteroatoms. The second-order valence-corrected chi connectivity index (χ2v) is 5.08. The van der Waals surface area contributed by atoms with Crippen molar-refractivity contribution in [1.82, 2.24) is 10.2 Å². The molecule has 1 N–H and O–H groups in total. The van der Waals surface area contributed by atoms with Crippen LogP contribution in [0.15, 0.2) is 35.5 Å². The average Bonchev–Trinajstić information content (AvgIpc) is 2.52. The van der Waals surface area contributed by atoms with Crippen LogP contribution >= 0.6 is 0 Å². The minimum absolute atomic E-state index is 0.114. The van der Waals surface area contributed by atoms with E-state index >= 15 is 0 Å². The molecule has 2 amide bonds. The number of urea groups is 1. The average molecular weight is 340 g/mol. The summed E-state index contributed by atoms with van der Waals surface area (Å²) in [5.41, 5.74) is 0.806. The van der Waals surface area contributed by atoms with Crippen molar-refractivity contribution in [2.24, 2.45) is 0 Å². The summed E-state index contributed by atoms with van der Waals surface area (Å²) in [6.45, 7) is 0.371. The summed E-state index contributed by atoms with van der Waals surface area (Å²) >= 11 is 0. The van der Waals surface area contributed by atoms with Crippen LogP contribution in [0.2, 0.25) is 0 Å². The van der Waals surface area contributed by atoms with Crippen molar-refractivity contribution in [3.8, 4) is 5.75 Å². The van der Waals surface area contributed by atoms with E-state index in [1.807, 2.05) is 0 Å². The van der Waals surface area contributed by atoms with Gasteiger partial charge in [0.15, 0.2) is 0 Å². The number of nitrogens with one attached hydrogen (secondary N) is 1. The maximum Gasteiger partial charge on any atom is 0.387 e. The monoisotopic (exact) mass is 340 g/mol. The predicted molar refractivity (Wildman–Crippen MR) is 81.4 cm³/mol. The van der Waals surface area contributed by atoms with Crippen LogP contribution in [-0.2, 0) is 9.53 Å². The fourth-order valence-corrected chi connectivity index (χ4v) is 2.46. The topological polar surface area (TPSA) is 67.9 Å². The number of carbonyl (C=O) groups is 2. The fraction of sp³-hybridized carbons (Fsp3) is 0.375. The Hall–Kier alpha value is -2.64. The van der Waals surface area contributed by atoms with Crippen LogP contribution in [0.5, 0.6) is 5.75 Å². The molecule has 1 heterocycles. The smallest absolute Gasteiger partial charge is 0.387 e. The van der Waals surface area contributed by atoms with Crippen LogP contribution < -0.4 is 10.1 Å². The largest absolute Gasteiger partial charge is 0.463 e. The molecule has 1 atom stereocenters. The van der Waals surface area contributed by atoms with Gasteiger partial charge in [0.05, 0.1) is 18.2 Å². The molecule has 0 radical (unpaired) electrons. The quantitative estimate of drug-likeness (QED) is 0.837. The van der Waals surface area contributed by atoms with Crippen molar-refractivity contribution in [3.05, 3.63) is 41.1 Å². The van der Waals surface area contributed by atoms with Gasteiger partial charge in [-0.15, -0.1) is 0 Å². The van der Waals surface area contributed by atoms with E-state index in [0.717, 1.165) is 0 Å². The highest BCUT2D eigenvalue weighted by Gasteiger charge is 2.36. The molecule has 2 rings (SSSR count). The lowest BCUT2D eigenvalue weighted by Gasteiger charge is -2.33. The van der Waals surface area contributed by atoms with Crippen LogP contribution in [0.1, 0.15) is 25.5 Å². The number of rotatable bonds is 5. The van der Waals surface area contributed by atoms with Gasteiger partial charge >= 0.3 is 18.6 Å². The highest BCUT2D eigenvalue weighted by atomic mass is 19.3. The number of alkyl halides is 2. The molecule has 1 aliphatic rings. The summed E-state index contributed by atoms with van der Waals surface area (Å²) in [4.78, 5) is 25.7. The molecule has 24 heavy (non-hydrogen) atoms. The number of ether oxygens (including phenoxy) is 2. The standard InChI is InChI=1S/C16H18F2N2O4/c1-4-23-14(21)12-9(2)20(3)16(22)19-13(12)10-7-5-6-8-11(10)24-15(17)18/h5-8,13,15H,4H2,1-3H3,(H,19,22). The molecule has 0 aromatic heterocycles. The van der Waals surface area contributed by atoms with E-state index in [4.69, 9.17) is 4.74 Å². The summed E-state index contributed by atoms with van der Waals surface area (Å²) in [7, 11) is 1.50. The molecular weight excluding hydrogens is 322 g/mol. The van der Waals surface area contributed by atoms with Crippen LogP contribution in [0.3, 0.4) is 0 Å². The molecule has 0 saturated heterocycles. The molecule has 0 spiro atoms. The van der Waals surface area contributed by atoms with Gasteiger partial charge in [-0.25, -0.2) is 9.59 Å². The molecule has 0 fully saturated rings. The highest BCUT2D eigenvalue weighted by molar-refractivity contribution is 5.95. The van der Waals surface area contributed by atoms with Gasteiger partial charge < -0.3 is 19.7 Å². The first-order valence-electron chi connectivity index (χ1n) is 7.32. The maximum absolute atomic E-state index is 12.6. The molecule has 6 nitrogen and oxygen atoms in total. The van der Waals surface area contributed by atoms with Gasteiger partial charge in [-0.05, 0) is 19.9 Å². The molecule has 1 aromatic rings. The van der Waals surface area contributed by atoms with E-state index in [-0.39, 0.29) is 23.5 Å². The Balaban J connectivity index is 2.54. The third-order valence-electron chi connectivity index (χ3n) is 3.70. The molecule has 0 bridgehead atoms. The van der Waals surface area contributed by atoms with Crippen molar-refractivity contribution < 1.29 is 27.8 Å². The number of nitrogens with zero attached hydrogens (tertiary/aromatic N) is 1.